The zero-order valence-corrected chi connectivity index (χ0v) is 9.42. The van der Waals surface area contributed by atoms with Gasteiger partial charge in [-0.05, 0) is 49.9 Å². The van der Waals surface area contributed by atoms with Crippen LogP contribution < -0.4 is 5.32 Å². The molecule has 0 spiro atoms. The third kappa shape index (κ3) is 3.49. The summed E-state index contributed by atoms with van der Waals surface area (Å²) in [4.78, 5) is 0. The molecule has 0 bridgehead atoms. The van der Waals surface area contributed by atoms with Crippen LogP contribution in [0.2, 0.25) is 0 Å². The van der Waals surface area contributed by atoms with Gasteiger partial charge in [-0.15, -0.1) is 0 Å². The topological polar surface area (TPSA) is 21.3 Å². The number of benzene rings is 1. The molecule has 0 radical (unpaired) electrons. The average molecular weight is 223 g/mol. The molecule has 88 valence electrons. The van der Waals surface area contributed by atoms with E-state index in [1.54, 1.807) is 12.1 Å². The van der Waals surface area contributed by atoms with Crippen molar-refractivity contribution in [3.8, 4) is 0 Å². The predicted octanol–water partition coefficient (Wildman–Crippen LogP) is 3.20. The smallest absolute Gasteiger partial charge is 0.123 e. The minimum atomic E-state index is -0.190. The Bertz CT molecular complexity index is 306. The van der Waals surface area contributed by atoms with E-state index in [-0.39, 0.29) is 5.82 Å². The lowest BCUT2D eigenvalue weighted by Crippen LogP contribution is -2.08. The molecule has 3 heteroatoms. The molecule has 1 aromatic rings. The molecule has 16 heavy (non-hydrogen) atoms. The molecule has 2 nitrogen and oxygen atoms in total. The largest absolute Gasteiger partial charge is 0.385 e. The Hall–Kier alpha value is -1.09. The Balaban J connectivity index is 1.62. The summed E-state index contributed by atoms with van der Waals surface area (Å²) >= 11 is 0. The summed E-state index contributed by atoms with van der Waals surface area (Å²) < 4.78 is 18.2. The molecular weight excluding hydrogens is 205 g/mol. The lowest BCUT2D eigenvalue weighted by atomic mass is 10.1. The molecule has 1 N–H and O–H groups in total. The summed E-state index contributed by atoms with van der Waals surface area (Å²) in [5.41, 5.74) is 0.980. The first-order chi connectivity index (χ1) is 7.84. The van der Waals surface area contributed by atoms with Crippen molar-refractivity contribution in [1.82, 2.24) is 0 Å². The van der Waals surface area contributed by atoms with E-state index in [0.717, 1.165) is 31.7 Å². The Labute approximate surface area is 95.8 Å². The van der Waals surface area contributed by atoms with Gasteiger partial charge in [0.15, 0.2) is 0 Å². The van der Waals surface area contributed by atoms with E-state index in [2.05, 4.69) is 5.32 Å². The van der Waals surface area contributed by atoms with Crippen LogP contribution in [0.15, 0.2) is 24.3 Å². The first-order valence-corrected chi connectivity index (χ1v) is 5.95. The van der Waals surface area contributed by atoms with E-state index in [0.29, 0.717) is 6.10 Å². The molecule has 1 atom stereocenters. The summed E-state index contributed by atoms with van der Waals surface area (Å²) in [6.45, 7) is 1.85. The minimum Gasteiger partial charge on any atom is -0.385 e. The number of halogens is 1. The highest BCUT2D eigenvalue weighted by Crippen LogP contribution is 2.17. The Kier molecular flexibility index (Phi) is 4.17. The summed E-state index contributed by atoms with van der Waals surface area (Å²) in [5.74, 6) is -0.190. The SMILES string of the molecule is Fc1ccc(NCCCC2CCCO2)cc1. The van der Waals surface area contributed by atoms with E-state index in [9.17, 15) is 4.39 Å². The molecule has 0 amide bonds. The predicted molar refractivity (Wildman–Crippen MR) is 63.1 cm³/mol. The number of nitrogens with one attached hydrogen (secondary N) is 1. The summed E-state index contributed by atoms with van der Waals surface area (Å²) in [5, 5.41) is 3.27. The molecule has 1 aliphatic rings. The van der Waals surface area contributed by atoms with Crippen molar-refractivity contribution in [3.05, 3.63) is 30.1 Å². The van der Waals surface area contributed by atoms with Crippen molar-refractivity contribution in [2.24, 2.45) is 0 Å². The molecular formula is C13H18FNO. The molecule has 2 rings (SSSR count). The van der Waals surface area contributed by atoms with Crippen molar-refractivity contribution < 1.29 is 9.13 Å². The van der Waals surface area contributed by atoms with Gasteiger partial charge in [0.1, 0.15) is 5.82 Å². The van der Waals surface area contributed by atoms with Crippen LogP contribution in [0.5, 0.6) is 0 Å². The van der Waals surface area contributed by atoms with Gasteiger partial charge in [0.2, 0.25) is 0 Å². The second kappa shape index (κ2) is 5.85. The first-order valence-electron chi connectivity index (χ1n) is 5.95. The third-order valence-electron chi connectivity index (χ3n) is 2.90. The molecule has 1 unspecified atom stereocenters. The van der Waals surface area contributed by atoms with E-state index in [1.807, 2.05) is 0 Å². The Morgan fingerprint density at radius 1 is 1.31 bits per heavy atom. The van der Waals surface area contributed by atoms with Crippen molar-refractivity contribution in [2.45, 2.75) is 31.8 Å². The monoisotopic (exact) mass is 223 g/mol. The molecule has 1 aliphatic heterocycles. The number of anilines is 1. The van der Waals surface area contributed by atoms with Gasteiger partial charge >= 0.3 is 0 Å². The molecule has 0 aliphatic carbocycles. The van der Waals surface area contributed by atoms with Crippen LogP contribution in [0.3, 0.4) is 0 Å². The van der Waals surface area contributed by atoms with E-state index >= 15 is 0 Å². The second-order valence-electron chi connectivity index (χ2n) is 4.21. The van der Waals surface area contributed by atoms with Gasteiger partial charge < -0.3 is 10.1 Å². The van der Waals surface area contributed by atoms with Gasteiger partial charge in [-0.1, -0.05) is 0 Å². The Morgan fingerprint density at radius 3 is 2.81 bits per heavy atom. The van der Waals surface area contributed by atoms with Crippen molar-refractivity contribution in [3.63, 3.8) is 0 Å². The summed E-state index contributed by atoms with van der Waals surface area (Å²) in [6.07, 6.45) is 5.10. The quantitative estimate of drug-likeness (QED) is 0.774. The Morgan fingerprint density at radius 2 is 2.12 bits per heavy atom. The van der Waals surface area contributed by atoms with Gasteiger partial charge in [0, 0.05) is 18.8 Å². The lowest BCUT2D eigenvalue weighted by molar-refractivity contribution is 0.103. The van der Waals surface area contributed by atoms with Crippen molar-refractivity contribution >= 4 is 5.69 Å². The van der Waals surface area contributed by atoms with Crippen LogP contribution in [0.4, 0.5) is 10.1 Å². The van der Waals surface area contributed by atoms with Crippen LogP contribution in [-0.4, -0.2) is 19.3 Å². The van der Waals surface area contributed by atoms with Gasteiger partial charge in [0.25, 0.3) is 0 Å². The number of ether oxygens (including phenoxy) is 1. The van der Waals surface area contributed by atoms with Crippen molar-refractivity contribution in [2.75, 3.05) is 18.5 Å². The third-order valence-corrected chi connectivity index (χ3v) is 2.90. The standard InChI is InChI=1S/C13H18FNO/c14-11-5-7-12(8-6-11)15-9-1-3-13-4-2-10-16-13/h5-8,13,15H,1-4,9-10H2. The molecule has 1 heterocycles. The van der Waals surface area contributed by atoms with Crippen LogP contribution in [0, 0.1) is 5.82 Å². The number of hydrogen-bond acceptors (Lipinski definition) is 2. The molecule has 1 fully saturated rings. The fraction of sp³-hybridized carbons (Fsp3) is 0.538. The van der Waals surface area contributed by atoms with Gasteiger partial charge in [-0.3, -0.25) is 0 Å². The maximum Gasteiger partial charge on any atom is 0.123 e. The normalized spacial score (nSPS) is 19.9. The molecule has 1 aromatic carbocycles. The zero-order valence-electron chi connectivity index (χ0n) is 9.42. The molecule has 0 saturated carbocycles. The summed E-state index contributed by atoms with van der Waals surface area (Å²) in [6, 6.07) is 6.48. The highest BCUT2D eigenvalue weighted by atomic mass is 19.1. The highest BCUT2D eigenvalue weighted by Gasteiger charge is 2.14. The maximum atomic E-state index is 12.6. The summed E-state index contributed by atoms with van der Waals surface area (Å²) in [7, 11) is 0. The van der Waals surface area contributed by atoms with Crippen LogP contribution >= 0.6 is 0 Å². The fourth-order valence-corrected chi connectivity index (χ4v) is 2.00. The van der Waals surface area contributed by atoms with E-state index in [1.165, 1.54) is 25.0 Å². The first kappa shape index (κ1) is 11.4. The van der Waals surface area contributed by atoms with E-state index in [4.69, 9.17) is 4.74 Å². The average Bonchev–Trinajstić information content (AvgIpc) is 2.80. The van der Waals surface area contributed by atoms with Crippen LogP contribution in [0.25, 0.3) is 0 Å². The number of rotatable bonds is 5. The molecule has 1 saturated heterocycles. The van der Waals surface area contributed by atoms with Crippen LogP contribution in [-0.2, 0) is 4.74 Å². The number of hydrogen-bond donors (Lipinski definition) is 1. The van der Waals surface area contributed by atoms with Gasteiger partial charge in [-0.2, -0.15) is 0 Å². The van der Waals surface area contributed by atoms with Crippen LogP contribution in [0.1, 0.15) is 25.7 Å². The van der Waals surface area contributed by atoms with E-state index < -0.39 is 0 Å². The second-order valence-corrected chi connectivity index (χ2v) is 4.21. The maximum absolute atomic E-state index is 12.6. The van der Waals surface area contributed by atoms with Crippen molar-refractivity contribution in [1.29, 1.82) is 0 Å². The minimum absolute atomic E-state index is 0.190. The highest BCUT2D eigenvalue weighted by molar-refractivity contribution is 5.42. The zero-order chi connectivity index (χ0) is 11.2. The van der Waals surface area contributed by atoms with Gasteiger partial charge in [0.05, 0.1) is 6.10 Å². The van der Waals surface area contributed by atoms with Gasteiger partial charge in [-0.25, -0.2) is 4.39 Å². The molecule has 0 aromatic heterocycles. The fourth-order valence-electron chi connectivity index (χ4n) is 2.00. The lowest BCUT2D eigenvalue weighted by Gasteiger charge is -2.10.